The Bertz CT molecular complexity index is 798. The van der Waals surface area contributed by atoms with Gasteiger partial charge in [0.1, 0.15) is 11.2 Å². The van der Waals surface area contributed by atoms with Crippen LogP contribution in [0.3, 0.4) is 0 Å². The first-order valence-corrected chi connectivity index (χ1v) is 12.7. The van der Waals surface area contributed by atoms with E-state index in [1.165, 1.54) is 4.90 Å². The molecule has 0 unspecified atom stereocenters. The molecule has 0 saturated heterocycles. The summed E-state index contributed by atoms with van der Waals surface area (Å²) in [5.41, 5.74) is 5.17. The van der Waals surface area contributed by atoms with Gasteiger partial charge in [-0.25, -0.2) is 9.59 Å². The first kappa shape index (κ1) is 31.0. The fourth-order valence-electron chi connectivity index (χ4n) is 2.67. The Labute approximate surface area is 220 Å². The van der Waals surface area contributed by atoms with Crippen molar-refractivity contribution in [1.29, 1.82) is 0 Å². The summed E-state index contributed by atoms with van der Waals surface area (Å²) in [6.07, 6.45) is -1.48. The second-order valence-electron chi connectivity index (χ2n) is 9.50. The summed E-state index contributed by atoms with van der Waals surface area (Å²) in [4.78, 5) is 48.5. The van der Waals surface area contributed by atoms with E-state index >= 15 is 0 Å². The Morgan fingerprint density at radius 1 is 0.857 bits per heavy atom. The second-order valence-corrected chi connectivity index (χ2v) is 10.3. The molecule has 3 amide bonds. The molecule has 0 bridgehead atoms. The number of hydrogen-bond donors (Lipinski definition) is 2. The van der Waals surface area contributed by atoms with Crippen LogP contribution in [0.1, 0.15) is 63.0 Å². The van der Waals surface area contributed by atoms with E-state index in [0.29, 0.717) is 10.9 Å². The van der Waals surface area contributed by atoms with E-state index < -0.39 is 23.4 Å². The summed E-state index contributed by atoms with van der Waals surface area (Å²) < 4.78 is 10.2. The summed E-state index contributed by atoms with van der Waals surface area (Å²) in [5.74, 6) is -0.0339. The number of rotatable bonds is 11. The number of alkyl halides is 2. The average molecular weight is 581 g/mol. The van der Waals surface area contributed by atoms with Crippen LogP contribution in [-0.2, 0) is 30.4 Å². The Kier molecular flexibility index (Phi) is 12.8. The molecule has 0 fully saturated rings. The lowest BCUT2D eigenvalue weighted by Gasteiger charge is -2.24. The van der Waals surface area contributed by atoms with Crippen LogP contribution in [0.15, 0.2) is 18.2 Å². The minimum Gasteiger partial charge on any atom is -0.442 e. The monoisotopic (exact) mass is 579 g/mol. The van der Waals surface area contributed by atoms with Crippen LogP contribution >= 0.6 is 27.5 Å². The molecule has 0 aliphatic heterocycles. The number of halogens is 2. The van der Waals surface area contributed by atoms with E-state index in [1.54, 1.807) is 53.7 Å². The highest BCUT2D eigenvalue weighted by Gasteiger charge is 2.20. The number of hydrogen-bond acceptors (Lipinski definition) is 7. The van der Waals surface area contributed by atoms with Crippen molar-refractivity contribution in [3.8, 4) is 0 Å². The zero-order valence-electron chi connectivity index (χ0n) is 21.0. The quantitative estimate of drug-likeness (QED) is 0.222. The lowest BCUT2D eigenvalue weighted by molar-refractivity contribution is -0.0205. The first-order valence-electron chi connectivity index (χ1n) is 11.0. The number of nitrogens with one attached hydrogen (secondary N) is 2. The minimum atomic E-state index is -0.739. The van der Waals surface area contributed by atoms with Gasteiger partial charge >= 0.3 is 12.2 Å². The molecule has 0 atom stereocenters. The normalized spacial score (nSPS) is 11.5. The largest absolute Gasteiger partial charge is 0.442 e. The first-order chi connectivity index (χ1) is 16.2. The topological polar surface area (TPSA) is 115 Å². The van der Waals surface area contributed by atoms with Crippen molar-refractivity contribution < 1.29 is 33.5 Å². The van der Waals surface area contributed by atoms with E-state index in [4.69, 9.17) is 30.7 Å². The summed E-state index contributed by atoms with van der Waals surface area (Å²) in [5, 5.41) is 0.559. The zero-order chi connectivity index (χ0) is 26.6. The fraction of sp³-hybridized carbons (Fsp3) is 0.609. The maximum atomic E-state index is 13.2. The van der Waals surface area contributed by atoms with Gasteiger partial charge in [0.2, 0.25) is 0 Å². The molecule has 2 N–H and O–H groups in total. The summed E-state index contributed by atoms with van der Waals surface area (Å²) >= 11 is 9.38. The Hall–Kier alpha value is -2.08. The molecule has 10 nitrogen and oxygen atoms in total. The van der Waals surface area contributed by atoms with Crippen LogP contribution in [0.2, 0.25) is 0 Å². The van der Waals surface area contributed by atoms with Gasteiger partial charge in [-0.05, 0) is 64.8 Å². The number of hydroxylamine groups is 2. The summed E-state index contributed by atoms with van der Waals surface area (Å²) in [7, 11) is 0. The highest BCUT2D eigenvalue weighted by Crippen LogP contribution is 2.17. The smallest absolute Gasteiger partial charge is 0.431 e. The molecule has 0 spiro atoms. The number of amides is 3. The third-order valence-electron chi connectivity index (χ3n) is 3.93. The van der Waals surface area contributed by atoms with Crippen LogP contribution in [0.5, 0.6) is 0 Å². The Morgan fingerprint density at radius 3 is 1.71 bits per heavy atom. The molecule has 0 radical (unpaired) electrons. The summed E-state index contributed by atoms with van der Waals surface area (Å²) in [6, 6.07) is 5.39. The van der Waals surface area contributed by atoms with Crippen molar-refractivity contribution in [2.75, 3.05) is 26.3 Å². The molecular weight excluding hydrogens is 546 g/mol. The fourth-order valence-corrected chi connectivity index (χ4v) is 3.15. The molecule has 1 aromatic rings. The third kappa shape index (κ3) is 13.6. The van der Waals surface area contributed by atoms with Crippen LogP contribution in [-0.4, -0.2) is 60.5 Å². The molecule has 0 heterocycles. The number of carbonyl (C=O) groups excluding carboxylic acids is 3. The van der Waals surface area contributed by atoms with Crippen molar-refractivity contribution in [2.45, 2.75) is 64.0 Å². The van der Waals surface area contributed by atoms with E-state index in [2.05, 4.69) is 26.9 Å². The number of benzene rings is 1. The van der Waals surface area contributed by atoms with E-state index in [9.17, 15) is 14.4 Å². The summed E-state index contributed by atoms with van der Waals surface area (Å²) in [6.45, 7) is 10.6. The molecule has 0 aliphatic rings. The lowest BCUT2D eigenvalue weighted by atomic mass is 10.1. The van der Waals surface area contributed by atoms with Gasteiger partial charge in [0.15, 0.2) is 0 Å². The zero-order valence-corrected chi connectivity index (χ0v) is 23.4. The van der Waals surface area contributed by atoms with Crippen molar-refractivity contribution in [2.24, 2.45) is 0 Å². The molecule has 1 aromatic carbocycles. The maximum absolute atomic E-state index is 13.2. The predicted octanol–water partition coefficient (Wildman–Crippen LogP) is 4.68. The van der Waals surface area contributed by atoms with Crippen LogP contribution in [0.4, 0.5) is 9.59 Å². The van der Waals surface area contributed by atoms with Gasteiger partial charge in [0.25, 0.3) is 5.91 Å². The Balaban J connectivity index is 2.78. The molecule has 198 valence electrons. The van der Waals surface area contributed by atoms with Crippen LogP contribution < -0.4 is 11.0 Å². The van der Waals surface area contributed by atoms with Gasteiger partial charge in [-0.2, -0.15) is 11.0 Å². The van der Waals surface area contributed by atoms with E-state index in [1.807, 2.05) is 6.07 Å². The van der Waals surface area contributed by atoms with Gasteiger partial charge in [0.05, 0.1) is 13.2 Å². The minimum absolute atomic E-state index is 0.00895. The van der Waals surface area contributed by atoms with E-state index in [0.717, 1.165) is 11.1 Å². The molecule has 35 heavy (non-hydrogen) atoms. The van der Waals surface area contributed by atoms with Gasteiger partial charge in [-0.15, -0.1) is 11.6 Å². The average Bonchev–Trinajstić information content (AvgIpc) is 2.74. The molecule has 0 saturated carbocycles. The molecule has 1 rings (SSSR count). The highest BCUT2D eigenvalue weighted by molar-refractivity contribution is 9.08. The van der Waals surface area contributed by atoms with Crippen molar-refractivity contribution in [1.82, 2.24) is 15.9 Å². The predicted molar refractivity (Wildman–Crippen MR) is 135 cm³/mol. The van der Waals surface area contributed by atoms with Crippen molar-refractivity contribution in [3.05, 3.63) is 34.9 Å². The van der Waals surface area contributed by atoms with Gasteiger partial charge < -0.3 is 14.4 Å². The SMILES string of the molecule is CC(C)(C)OC(=O)NOCCN(CCONC(=O)OC(C)(C)C)C(=O)c1cc(CCl)cc(CBr)c1. The van der Waals surface area contributed by atoms with Gasteiger partial charge in [-0.1, -0.05) is 22.0 Å². The molecule has 0 aliphatic carbocycles. The molecule has 12 heteroatoms. The Morgan fingerprint density at radius 2 is 1.31 bits per heavy atom. The van der Waals surface area contributed by atoms with Crippen LogP contribution in [0, 0.1) is 0 Å². The van der Waals surface area contributed by atoms with Crippen molar-refractivity contribution >= 4 is 45.6 Å². The maximum Gasteiger partial charge on any atom is 0.431 e. The highest BCUT2D eigenvalue weighted by atomic mass is 79.9. The molecular formula is C23H35BrClN3O7. The van der Waals surface area contributed by atoms with Gasteiger partial charge in [0, 0.05) is 29.9 Å². The number of ether oxygens (including phenoxy) is 2. The molecule has 0 aromatic heterocycles. The lowest BCUT2D eigenvalue weighted by Crippen LogP contribution is -2.40. The van der Waals surface area contributed by atoms with E-state index in [-0.39, 0.29) is 38.1 Å². The third-order valence-corrected chi connectivity index (χ3v) is 4.89. The van der Waals surface area contributed by atoms with Gasteiger partial charge in [-0.3, -0.25) is 14.5 Å². The van der Waals surface area contributed by atoms with Crippen LogP contribution in [0.25, 0.3) is 0 Å². The van der Waals surface area contributed by atoms with Crippen molar-refractivity contribution in [3.63, 3.8) is 0 Å². The second kappa shape index (κ2) is 14.5. The number of nitrogens with zero attached hydrogens (tertiary/aromatic N) is 1. The number of carbonyl (C=O) groups is 3. The standard InChI is InChI=1S/C23H35BrClN3O7/c1-22(2,3)34-20(30)26-32-9-7-28(8-10-33-27-21(31)35-23(4,5)6)19(29)18-12-16(14-24)11-17(13-18)15-25/h11-13H,7-10,14-15H2,1-6H3,(H,26,30)(H,27,31).